The van der Waals surface area contributed by atoms with E-state index < -0.39 is 17.9 Å². The van der Waals surface area contributed by atoms with Gasteiger partial charge in [-0.2, -0.15) is 0 Å². The van der Waals surface area contributed by atoms with Crippen molar-refractivity contribution in [2.45, 2.75) is 46.1 Å². The van der Waals surface area contributed by atoms with E-state index in [-0.39, 0.29) is 43.6 Å². The molecule has 2 amide bonds. The van der Waals surface area contributed by atoms with E-state index in [2.05, 4.69) is 10.6 Å². The van der Waals surface area contributed by atoms with Gasteiger partial charge in [0.1, 0.15) is 11.8 Å². The van der Waals surface area contributed by atoms with Gasteiger partial charge in [0, 0.05) is 32.2 Å². The minimum atomic E-state index is -1.18. The molecule has 3 N–H and O–H groups in total. The van der Waals surface area contributed by atoms with Gasteiger partial charge in [-0.15, -0.1) is 0 Å². The largest absolute Gasteiger partial charge is 0.480 e. The lowest BCUT2D eigenvalue weighted by molar-refractivity contribution is -0.141. The Morgan fingerprint density at radius 2 is 0.446 bits per heavy atom. The zero-order valence-electron chi connectivity index (χ0n) is 55.8. The molecule has 0 spiro atoms. The van der Waals surface area contributed by atoms with E-state index in [0.29, 0.717) is 317 Å². The predicted molar refractivity (Wildman–Crippen MR) is 332 cm³/mol. The summed E-state index contributed by atoms with van der Waals surface area (Å²) in [5.41, 5.74) is 0. The maximum atomic E-state index is 11.9. The van der Waals surface area contributed by atoms with Crippen LogP contribution in [0.25, 0.3) is 0 Å². The number of Topliss-reactive ketones (excluding diaryl/α,β-unsaturated/α-hetero) is 1. The van der Waals surface area contributed by atoms with Gasteiger partial charge in [0.25, 0.3) is 0 Å². The second kappa shape index (κ2) is 77.1. The average Bonchev–Trinajstić information content (AvgIpc) is 3.76. The molecule has 0 saturated heterocycles. The number of ether oxygens (including phenoxy) is 24. The lowest BCUT2D eigenvalue weighted by atomic mass is 10.1. The molecule has 92 heavy (non-hydrogen) atoms. The Morgan fingerprint density at radius 3 is 0.609 bits per heavy atom. The van der Waals surface area contributed by atoms with Gasteiger partial charge in [0.2, 0.25) is 11.8 Å². The summed E-state index contributed by atoms with van der Waals surface area (Å²) in [4.78, 5) is 45.5. The fourth-order valence-corrected chi connectivity index (χ4v) is 6.75. The van der Waals surface area contributed by atoms with Crippen molar-refractivity contribution in [1.82, 2.24) is 10.6 Å². The van der Waals surface area contributed by atoms with Crippen LogP contribution in [0.4, 0.5) is 0 Å². The van der Waals surface area contributed by atoms with Gasteiger partial charge in [-0.05, 0) is 6.42 Å². The number of nitrogens with one attached hydrogen (secondary N) is 2. The number of rotatable bonds is 81. The summed E-state index contributed by atoms with van der Waals surface area (Å²) in [5.74, 6) is -1.72. The van der Waals surface area contributed by atoms with Crippen molar-refractivity contribution in [3.8, 4) is 0 Å². The van der Waals surface area contributed by atoms with Gasteiger partial charge in [-0.25, -0.2) is 4.79 Å². The second-order valence-electron chi connectivity index (χ2n) is 19.5. The van der Waals surface area contributed by atoms with Gasteiger partial charge in [0.05, 0.1) is 317 Å². The van der Waals surface area contributed by atoms with E-state index in [0.717, 1.165) is 0 Å². The summed E-state index contributed by atoms with van der Waals surface area (Å²) in [6.07, 6.45) is 0.417. The molecule has 0 heterocycles. The van der Waals surface area contributed by atoms with Crippen LogP contribution in [0.5, 0.6) is 0 Å². The Balaban J connectivity index is 3.14. The van der Waals surface area contributed by atoms with Crippen molar-refractivity contribution in [3.05, 3.63) is 0 Å². The van der Waals surface area contributed by atoms with E-state index >= 15 is 0 Å². The topological polar surface area (TPSA) is 334 Å². The monoisotopic (exact) mass is 1340 g/mol. The number of carboxylic acid groups (broad SMARTS) is 1. The van der Waals surface area contributed by atoms with Gasteiger partial charge >= 0.3 is 5.97 Å². The number of aliphatic carboxylic acids is 1. The number of amides is 2. The van der Waals surface area contributed by atoms with Crippen LogP contribution in [0, 0.1) is 5.92 Å². The first-order valence-corrected chi connectivity index (χ1v) is 32.4. The first kappa shape index (κ1) is 89.1. The molecule has 0 aliphatic rings. The molecule has 0 aromatic heterocycles. The molecule has 0 aliphatic carbocycles. The molecular formula is C61H118N2O29. The number of carbonyl (C=O) groups is 4. The van der Waals surface area contributed by atoms with Gasteiger partial charge in [0.15, 0.2) is 0 Å². The summed E-state index contributed by atoms with van der Waals surface area (Å²) in [7, 11) is 0. The molecule has 0 aromatic carbocycles. The van der Waals surface area contributed by atoms with E-state index in [1.807, 2.05) is 13.8 Å². The molecular weight excluding hydrogens is 1220 g/mol. The normalized spacial score (nSPS) is 12.0. The number of hydrogen-bond acceptors (Lipinski definition) is 28. The Hall–Kier alpha value is -2.88. The zero-order valence-corrected chi connectivity index (χ0v) is 55.8. The Morgan fingerprint density at radius 1 is 0.272 bits per heavy atom. The molecule has 0 unspecified atom stereocenters. The highest BCUT2D eigenvalue weighted by Crippen LogP contribution is 2.00. The number of hydrogen-bond donors (Lipinski definition) is 3. The quantitative estimate of drug-likeness (QED) is 0.0698. The Labute approximate surface area is 546 Å². The van der Waals surface area contributed by atoms with Crippen molar-refractivity contribution in [3.63, 3.8) is 0 Å². The van der Waals surface area contributed by atoms with Gasteiger partial charge in [-0.3, -0.25) is 14.4 Å². The predicted octanol–water partition coefficient (Wildman–Crippen LogP) is 0.486. The molecule has 0 radical (unpaired) electrons. The highest BCUT2D eigenvalue weighted by Gasteiger charge is 2.19. The van der Waals surface area contributed by atoms with Crippen LogP contribution in [-0.4, -0.2) is 358 Å². The first-order chi connectivity index (χ1) is 45.2. The lowest BCUT2D eigenvalue weighted by Gasteiger charge is -2.13. The van der Waals surface area contributed by atoms with Crippen molar-refractivity contribution in [2.75, 3.05) is 324 Å². The molecule has 31 heteroatoms. The average molecular weight is 1340 g/mol. The van der Waals surface area contributed by atoms with Crippen LogP contribution < -0.4 is 10.6 Å². The Kier molecular flexibility index (Phi) is 74.7. The fraction of sp³-hybridized carbons (Fsp3) is 0.934. The maximum Gasteiger partial charge on any atom is 0.326 e. The Bertz CT molecular complexity index is 1540. The number of carboxylic acids is 1. The summed E-state index contributed by atoms with van der Waals surface area (Å²) >= 11 is 0. The first-order valence-electron chi connectivity index (χ1n) is 32.4. The SMILES string of the molecule is CC(=O)N[C@@H](CCC(=O)NCCOCCOCCOCCOCCOCCOCCOCCOCCOCCOCCOCCOCCOCCOCCOCCOCCOCCOCCOCCOCCOCCOCCOCCOCCC(=O)C(C)C)C(=O)O. The highest BCUT2D eigenvalue weighted by molar-refractivity contribution is 5.83. The molecule has 546 valence electrons. The van der Waals surface area contributed by atoms with Crippen molar-refractivity contribution in [2.24, 2.45) is 5.92 Å². The molecule has 1 atom stereocenters. The highest BCUT2D eigenvalue weighted by atomic mass is 16.6. The molecule has 0 aromatic rings. The van der Waals surface area contributed by atoms with Crippen molar-refractivity contribution in [1.29, 1.82) is 0 Å². The van der Waals surface area contributed by atoms with Gasteiger partial charge in [-0.1, -0.05) is 13.8 Å². The van der Waals surface area contributed by atoms with Crippen LogP contribution in [-0.2, 0) is 133 Å². The van der Waals surface area contributed by atoms with Crippen LogP contribution in [0.15, 0.2) is 0 Å². The minimum absolute atomic E-state index is 0.000974. The summed E-state index contributed by atoms with van der Waals surface area (Å²) in [6, 6.07) is -1.10. The molecule has 0 bridgehead atoms. The summed E-state index contributed by atoms with van der Waals surface area (Å²) in [6.45, 7) is 27.3. The molecule has 0 aliphatic heterocycles. The number of carbonyl (C=O) groups excluding carboxylic acids is 3. The second-order valence-corrected chi connectivity index (χ2v) is 19.5. The summed E-state index contributed by atoms with van der Waals surface area (Å²) in [5, 5.41) is 14.0. The van der Waals surface area contributed by atoms with Crippen molar-refractivity contribution >= 4 is 23.6 Å². The standard InChI is InChI=1S/C61H118N2O29/c1-56(2)59(65)6-8-69-10-12-71-14-16-73-18-20-75-22-24-77-26-28-79-30-32-81-34-36-83-38-40-85-42-44-87-46-48-89-50-52-91-54-55-92-53-51-90-49-47-88-45-43-86-41-39-84-37-35-82-33-31-80-29-27-78-25-23-76-21-19-74-17-15-72-13-11-70-9-7-62-60(66)5-4-58(61(67)68)63-57(3)64/h56,58H,4-55H2,1-3H3,(H,62,66)(H,63,64)(H,67,68)/t58-/m0/s1. The van der Waals surface area contributed by atoms with Crippen LogP contribution in [0.3, 0.4) is 0 Å². The van der Waals surface area contributed by atoms with E-state index in [1.54, 1.807) is 0 Å². The lowest BCUT2D eigenvalue weighted by Crippen LogP contribution is -2.40. The smallest absolute Gasteiger partial charge is 0.326 e. The van der Waals surface area contributed by atoms with Gasteiger partial charge < -0.3 is 129 Å². The van der Waals surface area contributed by atoms with E-state index in [4.69, 9.17) is 119 Å². The molecule has 0 saturated carbocycles. The maximum absolute atomic E-state index is 11.9. The van der Waals surface area contributed by atoms with Crippen LogP contribution in [0.2, 0.25) is 0 Å². The van der Waals surface area contributed by atoms with E-state index in [1.165, 1.54) is 6.92 Å². The van der Waals surface area contributed by atoms with E-state index in [9.17, 15) is 19.2 Å². The zero-order chi connectivity index (χ0) is 66.6. The number of ketones is 1. The third-order valence-electron chi connectivity index (χ3n) is 11.6. The van der Waals surface area contributed by atoms with Crippen LogP contribution >= 0.6 is 0 Å². The van der Waals surface area contributed by atoms with Crippen molar-refractivity contribution < 1.29 is 138 Å². The fourth-order valence-electron chi connectivity index (χ4n) is 6.75. The van der Waals surface area contributed by atoms with Crippen LogP contribution in [0.1, 0.15) is 40.0 Å². The molecule has 0 fully saturated rings. The third kappa shape index (κ3) is 76.1. The third-order valence-corrected chi connectivity index (χ3v) is 11.6. The summed E-state index contributed by atoms with van der Waals surface area (Å²) < 4.78 is 132. The molecule has 0 rings (SSSR count). The molecule has 31 nitrogen and oxygen atoms in total. The minimum Gasteiger partial charge on any atom is -0.480 e.